The molecule has 0 amide bonds. The molecule has 0 atom stereocenters. The van der Waals surface area contributed by atoms with Crippen LogP contribution in [0.4, 0.5) is 0 Å². The molecule has 0 radical (unpaired) electrons. The Morgan fingerprint density at radius 1 is 0.500 bits per heavy atom. The summed E-state index contributed by atoms with van der Waals surface area (Å²) in [6.07, 6.45) is 7.93. The molecule has 0 N–H and O–H groups in total. The van der Waals surface area contributed by atoms with Gasteiger partial charge in [0.15, 0.2) is 10.0 Å². The third-order valence-corrected chi connectivity index (χ3v) is 13.6. The Hall–Kier alpha value is -2.48. The van der Waals surface area contributed by atoms with Gasteiger partial charge < -0.3 is 0 Å². The molecule has 222 valence electrons. The van der Waals surface area contributed by atoms with E-state index in [9.17, 15) is 16.8 Å². The number of hydrogen-bond acceptors (Lipinski definition) is 8. The molecule has 12 heteroatoms. The monoisotopic (exact) mass is 642 g/mol. The van der Waals surface area contributed by atoms with Crippen molar-refractivity contribution in [1.82, 2.24) is 18.6 Å². The van der Waals surface area contributed by atoms with E-state index in [1.807, 2.05) is 35.0 Å². The standard InChI is InChI=1S/C30H34N4O4S4/c35-41(36,33-17-5-1-2-6-18-33)25-13-9-23(10-14-25)27-21-39-29(31-27)30-32-28(22-40-30)24-11-15-26(16-12-24)42(37,38)34-19-7-3-4-8-20-34/h9-16,21-22H,1-8,17-20H2. The van der Waals surface area contributed by atoms with E-state index < -0.39 is 20.0 Å². The van der Waals surface area contributed by atoms with Gasteiger partial charge in [0.05, 0.1) is 21.2 Å². The first kappa shape index (κ1) is 29.6. The third-order valence-electron chi connectivity index (χ3n) is 7.90. The average Bonchev–Trinajstić information content (AvgIpc) is 3.50. The van der Waals surface area contributed by atoms with Gasteiger partial charge in [0.2, 0.25) is 20.0 Å². The van der Waals surface area contributed by atoms with Crippen molar-refractivity contribution in [2.75, 3.05) is 26.2 Å². The van der Waals surface area contributed by atoms with E-state index >= 15 is 0 Å². The lowest BCUT2D eigenvalue weighted by atomic mass is 10.2. The Labute approximate surface area is 256 Å². The van der Waals surface area contributed by atoms with Crippen LogP contribution in [0.15, 0.2) is 69.1 Å². The van der Waals surface area contributed by atoms with Crippen molar-refractivity contribution in [3.8, 4) is 32.5 Å². The second kappa shape index (κ2) is 12.6. The smallest absolute Gasteiger partial charge is 0.233 e. The Morgan fingerprint density at radius 2 is 0.833 bits per heavy atom. The minimum absolute atomic E-state index is 0.318. The van der Waals surface area contributed by atoms with E-state index in [4.69, 9.17) is 9.97 Å². The number of thiazole rings is 2. The van der Waals surface area contributed by atoms with E-state index in [-0.39, 0.29) is 0 Å². The van der Waals surface area contributed by atoms with Crippen LogP contribution >= 0.6 is 22.7 Å². The molecule has 2 fully saturated rings. The second-order valence-electron chi connectivity index (χ2n) is 10.8. The molecule has 4 heterocycles. The first-order valence-corrected chi connectivity index (χ1v) is 19.1. The van der Waals surface area contributed by atoms with Crippen LogP contribution in [-0.4, -0.2) is 61.6 Å². The Kier molecular flexibility index (Phi) is 8.90. The van der Waals surface area contributed by atoms with Gasteiger partial charge in [-0.15, -0.1) is 22.7 Å². The molecule has 2 aliphatic rings. The zero-order chi connectivity index (χ0) is 29.2. The highest BCUT2D eigenvalue weighted by molar-refractivity contribution is 7.89. The van der Waals surface area contributed by atoms with Crippen molar-refractivity contribution >= 4 is 42.7 Å². The zero-order valence-electron chi connectivity index (χ0n) is 23.3. The van der Waals surface area contributed by atoms with E-state index in [1.54, 1.807) is 32.9 Å². The fraction of sp³-hybridized carbons (Fsp3) is 0.400. The summed E-state index contributed by atoms with van der Waals surface area (Å²) in [4.78, 5) is 10.2. The van der Waals surface area contributed by atoms with Gasteiger partial charge in [0, 0.05) is 48.1 Å². The summed E-state index contributed by atoms with van der Waals surface area (Å²) in [5, 5.41) is 5.47. The molecule has 2 saturated heterocycles. The first-order valence-electron chi connectivity index (χ1n) is 14.4. The molecule has 4 aromatic rings. The van der Waals surface area contributed by atoms with Gasteiger partial charge in [-0.3, -0.25) is 0 Å². The minimum atomic E-state index is -3.49. The van der Waals surface area contributed by atoms with Crippen molar-refractivity contribution in [2.45, 2.75) is 61.2 Å². The third kappa shape index (κ3) is 6.24. The number of nitrogens with zero attached hydrogens (tertiary/aromatic N) is 4. The van der Waals surface area contributed by atoms with Crippen LogP contribution in [0.2, 0.25) is 0 Å². The van der Waals surface area contributed by atoms with Crippen molar-refractivity contribution in [1.29, 1.82) is 0 Å². The van der Waals surface area contributed by atoms with Crippen LogP contribution in [0.5, 0.6) is 0 Å². The molecule has 2 aromatic heterocycles. The van der Waals surface area contributed by atoms with Crippen LogP contribution in [0.1, 0.15) is 51.4 Å². The zero-order valence-corrected chi connectivity index (χ0v) is 26.6. The molecule has 0 bridgehead atoms. The topological polar surface area (TPSA) is 101 Å². The van der Waals surface area contributed by atoms with Crippen LogP contribution in [-0.2, 0) is 20.0 Å². The van der Waals surface area contributed by atoms with E-state index in [0.29, 0.717) is 36.0 Å². The minimum Gasteiger partial charge on any atom is -0.233 e. The molecular formula is C30H34N4O4S4. The second-order valence-corrected chi connectivity index (χ2v) is 16.4. The van der Waals surface area contributed by atoms with Crippen LogP contribution in [0.25, 0.3) is 32.5 Å². The largest absolute Gasteiger partial charge is 0.243 e. The number of aromatic nitrogens is 2. The maximum atomic E-state index is 13.1. The quantitative estimate of drug-likeness (QED) is 0.222. The first-order chi connectivity index (χ1) is 20.3. The van der Waals surface area contributed by atoms with Gasteiger partial charge in [0.25, 0.3) is 0 Å². The molecule has 0 saturated carbocycles. The summed E-state index contributed by atoms with van der Waals surface area (Å²) >= 11 is 2.98. The van der Waals surface area contributed by atoms with Gasteiger partial charge in [-0.1, -0.05) is 49.9 Å². The highest BCUT2D eigenvalue weighted by atomic mass is 32.2. The summed E-state index contributed by atoms with van der Waals surface area (Å²) in [5.74, 6) is 0. The van der Waals surface area contributed by atoms with Crippen molar-refractivity contribution in [3.63, 3.8) is 0 Å². The Morgan fingerprint density at radius 3 is 1.17 bits per heavy atom. The maximum Gasteiger partial charge on any atom is 0.243 e. The molecule has 0 unspecified atom stereocenters. The van der Waals surface area contributed by atoms with E-state index in [1.165, 1.54) is 22.7 Å². The van der Waals surface area contributed by atoms with Crippen LogP contribution in [0.3, 0.4) is 0 Å². The van der Waals surface area contributed by atoms with E-state index in [2.05, 4.69) is 0 Å². The Balaban J connectivity index is 1.15. The summed E-state index contributed by atoms with van der Waals surface area (Å²) in [6.45, 7) is 2.32. The normalized spacial score (nSPS) is 18.0. The lowest BCUT2D eigenvalue weighted by Crippen LogP contribution is -2.31. The van der Waals surface area contributed by atoms with Crippen molar-refractivity contribution < 1.29 is 16.8 Å². The van der Waals surface area contributed by atoms with Gasteiger partial charge in [0.1, 0.15) is 0 Å². The highest BCUT2D eigenvalue weighted by Crippen LogP contribution is 2.34. The summed E-state index contributed by atoms with van der Waals surface area (Å²) < 4.78 is 55.7. The fourth-order valence-electron chi connectivity index (χ4n) is 5.47. The summed E-state index contributed by atoms with van der Waals surface area (Å²) in [5.41, 5.74) is 3.25. The molecule has 0 aliphatic carbocycles. The molecule has 2 aliphatic heterocycles. The summed E-state index contributed by atoms with van der Waals surface area (Å²) in [6, 6.07) is 14.0. The van der Waals surface area contributed by atoms with Crippen molar-refractivity contribution in [3.05, 3.63) is 59.3 Å². The predicted octanol–water partition coefficient (Wildman–Crippen LogP) is 6.73. The molecule has 0 spiro atoms. The fourth-order valence-corrected chi connectivity index (χ4v) is 10.2. The summed E-state index contributed by atoms with van der Waals surface area (Å²) in [7, 11) is -6.99. The molecule has 6 rings (SSSR count). The van der Waals surface area contributed by atoms with Gasteiger partial charge >= 0.3 is 0 Å². The molecule has 42 heavy (non-hydrogen) atoms. The Bertz CT molecular complexity index is 1580. The van der Waals surface area contributed by atoms with Crippen LogP contribution in [0, 0.1) is 0 Å². The molecular weight excluding hydrogens is 609 g/mol. The van der Waals surface area contributed by atoms with Crippen LogP contribution < -0.4 is 0 Å². The average molecular weight is 643 g/mol. The SMILES string of the molecule is O=S(=O)(c1ccc(-c2csc(-c3nc(-c4ccc(S(=O)(=O)N5CCCCCC5)cc4)cs3)n2)cc1)N1CCCCCC1. The van der Waals surface area contributed by atoms with Gasteiger partial charge in [-0.05, 0) is 49.9 Å². The van der Waals surface area contributed by atoms with Gasteiger partial charge in [-0.25, -0.2) is 26.8 Å². The maximum absolute atomic E-state index is 13.1. The lowest BCUT2D eigenvalue weighted by Gasteiger charge is -2.20. The van der Waals surface area contributed by atoms with Crippen molar-refractivity contribution in [2.24, 2.45) is 0 Å². The predicted molar refractivity (Wildman–Crippen MR) is 169 cm³/mol. The highest BCUT2D eigenvalue weighted by Gasteiger charge is 2.26. The van der Waals surface area contributed by atoms with E-state index in [0.717, 1.165) is 83.9 Å². The lowest BCUT2D eigenvalue weighted by molar-refractivity contribution is 0.423. The molecule has 8 nitrogen and oxygen atoms in total. The van der Waals surface area contributed by atoms with Gasteiger partial charge in [-0.2, -0.15) is 8.61 Å². The number of sulfonamides is 2. The number of rotatable bonds is 7. The number of benzene rings is 2. The number of hydrogen-bond donors (Lipinski definition) is 0. The molecule has 2 aromatic carbocycles.